The second-order valence-electron chi connectivity index (χ2n) is 6.70. The van der Waals surface area contributed by atoms with Gasteiger partial charge in [0.25, 0.3) is 0 Å². The molecule has 1 aromatic heterocycles. The Hall–Kier alpha value is -3.32. The Morgan fingerprint density at radius 1 is 1.10 bits per heavy atom. The van der Waals surface area contributed by atoms with Gasteiger partial charge in [-0.1, -0.05) is 19.4 Å². The minimum atomic E-state index is -0.254. The Kier molecular flexibility index (Phi) is 8.06. The molecule has 0 fully saturated rings. The van der Waals surface area contributed by atoms with Crippen molar-refractivity contribution in [3.63, 3.8) is 0 Å². The standard InChI is InChI=1S/C24H26N2O4S/c1-4-5-14-30-19-10-8-18(9-11-19)20-16-31-24(25-20)26-23(27)13-7-17-6-12-21(28-2)22(15-17)29-3/h6-13,15-16H,4-5,14H2,1-3H3,(H,25,26,27)/b13-7+. The number of methoxy groups -OCH3 is 2. The lowest BCUT2D eigenvalue weighted by Gasteiger charge is -2.07. The molecule has 0 radical (unpaired) electrons. The van der Waals surface area contributed by atoms with Crippen LogP contribution in [0.25, 0.3) is 17.3 Å². The molecule has 6 nitrogen and oxygen atoms in total. The number of ether oxygens (including phenoxy) is 3. The van der Waals surface area contributed by atoms with Crippen LogP contribution in [0.15, 0.2) is 53.9 Å². The van der Waals surface area contributed by atoms with Crippen LogP contribution in [0, 0.1) is 0 Å². The molecule has 0 spiro atoms. The zero-order chi connectivity index (χ0) is 22.1. The number of carbonyl (C=O) groups excluding carboxylic acids is 1. The molecule has 3 rings (SSSR count). The van der Waals surface area contributed by atoms with Crippen LogP contribution in [-0.2, 0) is 4.79 Å². The average Bonchev–Trinajstić information content (AvgIpc) is 3.26. The number of nitrogens with zero attached hydrogens (tertiary/aromatic N) is 1. The zero-order valence-electron chi connectivity index (χ0n) is 17.9. The molecule has 0 saturated heterocycles. The van der Waals surface area contributed by atoms with Crippen molar-refractivity contribution in [2.75, 3.05) is 26.1 Å². The highest BCUT2D eigenvalue weighted by Crippen LogP contribution is 2.28. The van der Waals surface area contributed by atoms with Gasteiger partial charge in [0, 0.05) is 17.0 Å². The number of anilines is 1. The second kappa shape index (κ2) is 11.2. The number of hydrogen-bond donors (Lipinski definition) is 1. The first kappa shape index (κ1) is 22.4. The maximum absolute atomic E-state index is 12.3. The Labute approximate surface area is 186 Å². The zero-order valence-corrected chi connectivity index (χ0v) is 18.7. The van der Waals surface area contributed by atoms with Crippen LogP contribution in [0.1, 0.15) is 25.3 Å². The number of hydrogen-bond acceptors (Lipinski definition) is 6. The largest absolute Gasteiger partial charge is 0.494 e. The molecule has 1 heterocycles. The molecule has 0 aliphatic heterocycles. The Bertz CT molecular complexity index is 1030. The highest BCUT2D eigenvalue weighted by molar-refractivity contribution is 7.14. The van der Waals surface area contributed by atoms with Gasteiger partial charge in [0.2, 0.25) is 5.91 Å². The number of benzene rings is 2. The van der Waals surface area contributed by atoms with E-state index in [4.69, 9.17) is 14.2 Å². The van der Waals surface area contributed by atoms with Gasteiger partial charge in [-0.25, -0.2) is 4.98 Å². The van der Waals surface area contributed by atoms with Crippen molar-refractivity contribution < 1.29 is 19.0 Å². The third kappa shape index (κ3) is 6.33. The highest BCUT2D eigenvalue weighted by Gasteiger charge is 2.08. The maximum atomic E-state index is 12.3. The molecule has 162 valence electrons. The van der Waals surface area contributed by atoms with E-state index in [0.29, 0.717) is 16.6 Å². The van der Waals surface area contributed by atoms with Crippen LogP contribution in [-0.4, -0.2) is 31.7 Å². The summed E-state index contributed by atoms with van der Waals surface area (Å²) < 4.78 is 16.2. The van der Waals surface area contributed by atoms with Gasteiger partial charge in [0.1, 0.15) is 5.75 Å². The molecular formula is C24H26N2O4S. The van der Waals surface area contributed by atoms with E-state index in [2.05, 4.69) is 17.2 Å². The number of nitrogens with one attached hydrogen (secondary N) is 1. The van der Waals surface area contributed by atoms with Gasteiger partial charge in [0.15, 0.2) is 16.6 Å². The number of aromatic nitrogens is 1. The summed E-state index contributed by atoms with van der Waals surface area (Å²) >= 11 is 1.38. The predicted octanol–water partition coefficient (Wildman–Crippen LogP) is 5.66. The molecule has 1 amide bonds. The molecule has 7 heteroatoms. The van der Waals surface area contributed by atoms with Crippen molar-refractivity contribution in [1.82, 2.24) is 4.98 Å². The molecule has 1 N–H and O–H groups in total. The fraction of sp³-hybridized carbons (Fsp3) is 0.250. The first-order chi connectivity index (χ1) is 15.1. The molecule has 0 saturated carbocycles. The van der Waals surface area contributed by atoms with Crippen LogP contribution in [0.5, 0.6) is 17.2 Å². The van der Waals surface area contributed by atoms with Crippen molar-refractivity contribution >= 4 is 28.5 Å². The molecule has 0 bridgehead atoms. The first-order valence-electron chi connectivity index (χ1n) is 10.0. The third-order valence-electron chi connectivity index (χ3n) is 4.49. The van der Waals surface area contributed by atoms with E-state index < -0.39 is 0 Å². The lowest BCUT2D eigenvalue weighted by Crippen LogP contribution is -2.07. The average molecular weight is 439 g/mol. The number of carbonyl (C=O) groups is 1. The van der Waals surface area contributed by atoms with Gasteiger partial charge in [0.05, 0.1) is 26.5 Å². The van der Waals surface area contributed by atoms with Gasteiger partial charge < -0.3 is 14.2 Å². The van der Waals surface area contributed by atoms with Gasteiger partial charge in [-0.2, -0.15) is 0 Å². The maximum Gasteiger partial charge on any atom is 0.250 e. The van der Waals surface area contributed by atoms with Gasteiger partial charge in [-0.15, -0.1) is 11.3 Å². The number of unbranched alkanes of at least 4 members (excludes halogenated alkanes) is 1. The molecular weight excluding hydrogens is 412 g/mol. The smallest absolute Gasteiger partial charge is 0.250 e. The van der Waals surface area contributed by atoms with Crippen molar-refractivity contribution in [1.29, 1.82) is 0 Å². The molecule has 0 unspecified atom stereocenters. The van der Waals surface area contributed by atoms with Crippen LogP contribution < -0.4 is 19.5 Å². The van der Waals surface area contributed by atoms with Crippen LogP contribution in [0.2, 0.25) is 0 Å². The minimum Gasteiger partial charge on any atom is -0.494 e. The van der Waals surface area contributed by atoms with E-state index in [0.717, 1.165) is 42.0 Å². The summed E-state index contributed by atoms with van der Waals surface area (Å²) in [6.45, 7) is 2.86. The quantitative estimate of drug-likeness (QED) is 0.327. The summed E-state index contributed by atoms with van der Waals surface area (Å²) in [5.74, 6) is 1.84. The lowest BCUT2D eigenvalue weighted by molar-refractivity contribution is -0.111. The summed E-state index contributed by atoms with van der Waals surface area (Å²) in [5.41, 5.74) is 2.61. The normalized spacial score (nSPS) is 10.8. The van der Waals surface area contributed by atoms with Crippen molar-refractivity contribution in [2.24, 2.45) is 0 Å². The number of amides is 1. The fourth-order valence-electron chi connectivity index (χ4n) is 2.80. The summed E-state index contributed by atoms with van der Waals surface area (Å²) in [6, 6.07) is 13.3. The first-order valence-corrected chi connectivity index (χ1v) is 10.9. The van der Waals surface area contributed by atoms with Gasteiger partial charge >= 0.3 is 0 Å². The van der Waals surface area contributed by atoms with Crippen LogP contribution in [0.3, 0.4) is 0 Å². The minimum absolute atomic E-state index is 0.254. The van der Waals surface area contributed by atoms with Crippen molar-refractivity contribution in [3.05, 3.63) is 59.5 Å². The Morgan fingerprint density at radius 3 is 2.58 bits per heavy atom. The van der Waals surface area contributed by atoms with Crippen molar-refractivity contribution in [3.8, 4) is 28.5 Å². The predicted molar refractivity (Wildman–Crippen MR) is 125 cm³/mol. The SMILES string of the molecule is CCCCOc1ccc(-c2csc(NC(=O)/C=C/c3ccc(OC)c(OC)c3)n2)cc1. The van der Waals surface area contributed by atoms with Crippen LogP contribution >= 0.6 is 11.3 Å². The summed E-state index contributed by atoms with van der Waals surface area (Å²) in [4.78, 5) is 16.8. The number of thiazole rings is 1. The van der Waals surface area contributed by atoms with E-state index in [1.165, 1.54) is 17.4 Å². The molecule has 3 aromatic rings. The molecule has 31 heavy (non-hydrogen) atoms. The second-order valence-corrected chi connectivity index (χ2v) is 7.56. The van der Waals surface area contributed by atoms with Gasteiger partial charge in [-0.3, -0.25) is 10.1 Å². The Morgan fingerprint density at radius 2 is 1.87 bits per heavy atom. The Balaban J connectivity index is 1.59. The molecule has 0 atom stereocenters. The van der Waals surface area contributed by atoms with E-state index in [1.54, 1.807) is 32.4 Å². The molecule has 2 aromatic carbocycles. The van der Waals surface area contributed by atoms with Crippen LogP contribution in [0.4, 0.5) is 5.13 Å². The summed E-state index contributed by atoms with van der Waals surface area (Å²) in [6.07, 6.45) is 5.32. The van der Waals surface area contributed by atoms with Crippen molar-refractivity contribution in [2.45, 2.75) is 19.8 Å². The fourth-order valence-corrected chi connectivity index (χ4v) is 3.52. The molecule has 0 aliphatic rings. The van der Waals surface area contributed by atoms with Gasteiger partial charge in [-0.05, 0) is 54.5 Å². The van der Waals surface area contributed by atoms with E-state index in [9.17, 15) is 4.79 Å². The lowest BCUT2D eigenvalue weighted by atomic mass is 10.2. The molecule has 0 aliphatic carbocycles. The van der Waals surface area contributed by atoms with E-state index in [1.807, 2.05) is 35.7 Å². The van der Waals surface area contributed by atoms with E-state index in [-0.39, 0.29) is 5.91 Å². The topological polar surface area (TPSA) is 69.7 Å². The van der Waals surface area contributed by atoms with E-state index >= 15 is 0 Å². The third-order valence-corrected chi connectivity index (χ3v) is 5.24. The number of rotatable bonds is 10. The highest BCUT2D eigenvalue weighted by atomic mass is 32.1. The summed E-state index contributed by atoms with van der Waals surface area (Å²) in [5, 5.41) is 5.26. The summed E-state index contributed by atoms with van der Waals surface area (Å²) in [7, 11) is 3.16. The monoisotopic (exact) mass is 438 g/mol.